The van der Waals surface area contributed by atoms with E-state index in [2.05, 4.69) is 5.32 Å². The second kappa shape index (κ2) is 5.53. The van der Waals surface area contributed by atoms with Crippen molar-refractivity contribution in [2.45, 2.75) is 24.8 Å². The van der Waals surface area contributed by atoms with Gasteiger partial charge >= 0.3 is 5.97 Å². The number of carbonyl (C=O) groups is 3. The normalized spacial score (nSPS) is 23.9. The molecule has 0 aromatic carbocycles. The van der Waals surface area contributed by atoms with E-state index in [0.717, 1.165) is 0 Å². The molecule has 1 saturated heterocycles. The van der Waals surface area contributed by atoms with Gasteiger partial charge in [-0.15, -0.1) is 11.8 Å². The second-order valence-corrected chi connectivity index (χ2v) is 6.25. The van der Waals surface area contributed by atoms with Crippen LogP contribution in [-0.4, -0.2) is 45.0 Å². The summed E-state index contributed by atoms with van der Waals surface area (Å²) in [6, 6.07) is 2.68. The lowest BCUT2D eigenvalue weighted by atomic mass is 10.0. The van der Waals surface area contributed by atoms with E-state index in [-0.39, 0.29) is 29.3 Å². The SMILES string of the molecule is CC1=C(C(=O)O)N2C(=O)[C@@H](NC(=O)Cc3ccco3)[C@H]2SC1. The molecule has 0 unspecified atom stereocenters. The molecule has 3 heterocycles. The van der Waals surface area contributed by atoms with Crippen LogP contribution in [0.25, 0.3) is 0 Å². The van der Waals surface area contributed by atoms with Crippen molar-refractivity contribution in [3.8, 4) is 0 Å². The zero-order valence-corrected chi connectivity index (χ0v) is 12.6. The molecule has 0 spiro atoms. The van der Waals surface area contributed by atoms with Crippen molar-refractivity contribution in [1.29, 1.82) is 0 Å². The molecule has 8 heteroatoms. The summed E-state index contributed by atoms with van der Waals surface area (Å²) in [5.41, 5.74) is 0.688. The summed E-state index contributed by atoms with van der Waals surface area (Å²) in [4.78, 5) is 36.6. The molecule has 1 aromatic heterocycles. The van der Waals surface area contributed by atoms with Crippen LogP contribution in [0.4, 0.5) is 0 Å². The third kappa shape index (κ3) is 2.39. The first-order valence-electron chi connectivity index (χ1n) is 6.68. The zero-order valence-electron chi connectivity index (χ0n) is 11.7. The number of thioether (sulfide) groups is 1. The van der Waals surface area contributed by atoms with E-state index >= 15 is 0 Å². The van der Waals surface area contributed by atoms with Gasteiger partial charge in [-0.05, 0) is 24.6 Å². The summed E-state index contributed by atoms with van der Waals surface area (Å²) in [6.45, 7) is 1.70. The highest BCUT2D eigenvalue weighted by molar-refractivity contribution is 8.00. The molecule has 0 bridgehead atoms. The Hall–Kier alpha value is -2.22. The van der Waals surface area contributed by atoms with E-state index < -0.39 is 12.0 Å². The zero-order chi connectivity index (χ0) is 15.9. The van der Waals surface area contributed by atoms with Crippen molar-refractivity contribution in [2.24, 2.45) is 0 Å². The number of carboxylic acids is 1. The molecule has 2 amide bonds. The van der Waals surface area contributed by atoms with Gasteiger partial charge in [0.2, 0.25) is 5.91 Å². The first-order chi connectivity index (χ1) is 10.5. The predicted octanol–water partition coefficient (Wildman–Crippen LogP) is 0.581. The third-order valence-corrected chi connectivity index (χ3v) is 5.02. The highest BCUT2D eigenvalue weighted by Crippen LogP contribution is 2.40. The second-order valence-electron chi connectivity index (χ2n) is 5.15. The molecule has 116 valence electrons. The molecule has 0 saturated carbocycles. The maximum Gasteiger partial charge on any atom is 0.352 e. The number of aliphatic carboxylic acids is 1. The lowest BCUT2D eigenvalue weighted by Crippen LogP contribution is -2.70. The quantitative estimate of drug-likeness (QED) is 0.787. The Balaban J connectivity index is 1.68. The lowest BCUT2D eigenvalue weighted by molar-refractivity contribution is -0.150. The van der Waals surface area contributed by atoms with E-state index in [9.17, 15) is 19.5 Å². The number of fused-ring (bicyclic) bond motifs is 1. The number of β-lactam (4-membered cyclic amide) rings is 1. The molecule has 22 heavy (non-hydrogen) atoms. The topological polar surface area (TPSA) is 99.9 Å². The molecule has 2 aliphatic heterocycles. The summed E-state index contributed by atoms with van der Waals surface area (Å²) < 4.78 is 5.09. The molecule has 2 N–H and O–H groups in total. The first-order valence-corrected chi connectivity index (χ1v) is 7.73. The van der Waals surface area contributed by atoms with E-state index in [0.29, 0.717) is 17.1 Å². The smallest absolute Gasteiger partial charge is 0.352 e. The number of carboxylic acid groups (broad SMARTS) is 1. The summed E-state index contributed by atoms with van der Waals surface area (Å²) in [6.07, 6.45) is 1.53. The fraction of sp³-hybridized carbons (Fsp3) is 0.357. The Bertz CT molecular complexity index is 667. The summed E-state index contributed by atoms with van der Waals surface area (Å²) in [5, 5.41) is 11.5. The third-order valence-electron chi connectivity index (χ3n) is 3.59. The minimum atomic E-state index is -1.11. The first kappa shape index (κ1) is 14.7. The molecule has 2 aliphatic rings. The van der Waals surface area contributed by atoms with Gasteiger partial charge in [-0.2, -0.15) is 0 Å². The maximum absolute atomic E-state index is 12.2. The highest BCUT2D eigenvalue weighted by atomic mass is 32.2. The molecule has 2 atom stereocenters. The van der Waals surface area contributed by atoms with Crippen LogP contribution >= 0.6 is 11.8 Å². The molecule has 3 rings (SSSR count). The van der Waals surface area contributed by atoms with Crippen LogP contribution in [0.15, 0.2) is 34.1 Å². The largest absolute Gasteiger partial charge is 0.477 e. The number of hydrogen-bond donors (Lipinski definition) is 2. The van der Waals surface area contributed by atoms with Crippen LogP contribution in [0.3, 0.4) is 0 Å². The summed E-state index contributed by atoms with van der Waals surface area (Å²) >= 11 is 1.45. The van der Waals surface area contributed by atoms with Crippen molar-refractivity contribution < 1.29 is 23.9 Å². The molecular formula is C14H14N2O5S. The van der Waals surface area contributed by atoms with Crippen LogP contribution in [0.1, 0.15) is 12.7 Å². The Morgan fingerprint density at radius 3 is 2.95 bits per heavy atom. The van der Waals surface area contributed by atoms with Crippen molar-refractivity contribution in [3.05, 3.63) is 35.4 Å². The van der Waals surface area contributed by atoms with Gasteiger partial charge in [0.25, 0.3) is 5.91 Å². The van der Waals surface area contributed by atoms with Gasteiger partial charge in [0, 0.05) is 5.75 Å². The van der Waals surface area contributed by atoms with Gasteiger partial charge in [0.15, 0.2) is 0 Å². The Labute approximate surface area is 130 Å². The van der Waals surface area contributed by atoms with Crippen LogP contribution in [0.5, 0.6) is 0 Å². The number of furan rings is 1. The van der Waals surface area contributed by atoms with Crippen LogP contribution < -0.4 is 5.32 Å². The number of amides is 2. The summed E-state index contributed by atoms with van der Waals surface area (Å²) in [7, 11) is 0. The number of nitrogens with one attached hydrogen (secondary N) is 1. The predicted molar refractivity (Wildman–Crippen MR) is 77.8 cm³/mol. The fourth-order valence-electron chi connectivity index (χ4n) is 2.57. The molecule has 0 radical (unpaired) electrons. The van der Waals surface area contributed by atoms with Crippen LogP contribution in [-0.2, 0) is 20.8 Å². The number of hydrogen-bond acceptors (Lipinski definition) is 5. The van der Waals surface area contributed by atoms with Crippen LogP contribution in [0.2, 0.25) is 0 Å². The molecule has 0 aliphatic carbocycles. The Morgan fingerprint density at radius 2 is 2.32 bits per heavy atom. The van der Waals surface area contributed by atoms with Crippen molar-refractivity contribution in [2.75, 3.05) is 5.75 Å². The highest BCUT2D eigenvalue weighted by Gasteiger charge is 2.53. The van der Waals surface area contributed by atoms with Gasteiger partial charge in [-0.1, -0.05) is 0 Å². The molecule has 7 nitrogen and oxygen atoms in total. The van der Waals surface area contributed by atoms with E-state index in [1.54, 1.807) is 19.1 Å². The number of carbonyl (C=O) groups excluding carboxylic acids is 2. The van der Waals surface area contributed by atoms with Gasteiger partial charge in [0.05, 0.1) is 12.7 Å². The standard InChI is InChI=1S/C14H14N2O5S/c1-7-6-22-13-10(12(18)16(13)11(7)14(19)20)15-9(17)5-8-3-2-4-21-8/h2-4,10,13H,5-6H2,1H3,(H,15,17)(H,19,20)/t10-,13-/m1/s1. The van der Waals surface area contributed by atoms with Crippen molar-refractivity contribution >= 4 is 29.5 Å². The molecule has 1 fully saturated rings. The maximum atomic E-state index is 12.2. The van der Waals surface area contributed by atoms with Crippen molar-refractivity contribution in [1.82, 2.24) is 10.2 Å². The summed E-state index contributed by atoms with van der Waals surface area (Å²) in [5.74, 6) is -0.782. The fourth-order valence-corrected chi connectivity index (χ4v) is 3.86. The van der Waals surface area contributed by atoms with Gasteiger partial charge in [-0.3, -0.25) is 14.5 Å². The minimum absolute atomic E-state index is 0.0327. The Kier molecular flexibility index (Phi) is 3.69. The minimum Gasteiger partial charge on any atom is -0.477 e. The molecule has 1 aromatic rings. The Morgan fingerprint density at radius 1 is 1.55 bits per heavy atom. The lowest BCUT2D eigenvalue weighted by Gasteiger charge is -2.49. The average Bonchev–Trinajstić information content (AvgIpc) is 2.97. The van der Waals surface area contributed by atoms with E-state index in [1.807, 2.05) is 0 Å². The van der Waals surface area contributed by atoms with Gasteiger partial charge in [-0.25, -0.2) is 4.79 Å². The monoisotopic (exact) mass is 322 g/mol. The molecular weight excluding hydrogens is 308 g/mol. The number of nitrogens with zero attached hydrogens (tertiary/aromatic N) is 1. The van der Waals surface area contributed by atoms with Crippen molar-refractivity contribution in [3.63, 3.8) is 0 Å². The van der Waals surface area contributed by atoms with Gasteiger partial charge < -0.3 is 14.8 Å². The average molecular weight is 322 g/mol. The number of rotatable bonds is 4. The van der Waals surface area contributed by atoms with E-state index in [4.69, 9.17) is 4.42 Å². The van der Waals surface area contributed by atoms with Crippen LogP contribution in [0, 0.1) is 0 Å². The van der Waals surface area contributed by atoms with E-state index in [1.165, 1.54) is 22.9 Å². The van der Waals surface area contributed by atoms with Gasteiger partial charge in [0.1, 0.15) is 22.9 Å².